The highest BCUT2D eigenvalue weighted by Crippen LogP contribution is 2.31. The highest BCUT2D eigenvalue weighted by atomic mass is 32.1. The van der Waals surface area contributed by atoms with Gasteiger partial charge in [0.25, 0.3) is 11.5 Å². The van der Waals surface area contributed by atoms with Crippen molar-refractivity contribution < 1.29 is 9.21 Å². The predicted octanol–water partition coefficient (Wildman–Crippen LogP) is 3.85. The lowest BCUT2D eigenvalue weighted by atomic mass is 10.1. The van der Waals surface area contributed by atoms with E-state index in [9.17, 15) is 9.59 Å². The molecule has 0 saturated heterocycles. The average Bonchev–Trinajstić information content (AvgIpc) is 3.17. The number of aryl methyl sites for hydroxylation is 3. The molecule has 0 aliphatic carbocycles. The summed E-state index contributed by atoms with van der Waals surface area (Å²) in [7, 11) is 1.65. The van der Waals surface area contributed by atoms with Crippen molar-refractivity contribution in [3.05, 3.63) is 62.7 Å². The van der Waals surface area contributed by atoms with Gasteiger partial charge in [0.1, 0.15) is 16.2 Å². The number of para-hydroxylation sites is 1. The maximum atomic E-state index is 12.9. The van der Waals surface area contributed by atoms with E-state index < -0.39 is 0 Å². The van der Waals surface area contributed by atoms with Crippen molar-refractivity contribution in [1.82, 2.24) is 14.9 Å². The van der Waals surface area contributed by atoms with Gasteiger partial charge in [0.05, 0.1) is 22.6 Å². The van der Waals surface area contributed by atoms with Gasteiger partial charge in [-0.2, -0.15) is 0 Å². The Bertz CT molecular complexity index is 1250. The van der Waals surface area contributed by atoms with E-state index in [2.05, 4.69) is 10.3 Å². The molecule has 0 radical (unpaired) electrons. The van der Waals surface area contributed by atoms with Crippen LogP contribution in [0, 0.1) is 13.8 Å². The van der Waals surface area contributed by atoms with Crippen LogP contribution in [0.1, 0.15) is 39.5 Å². The molecule has 1 aromatic carbocycles. The molecule has 0 aliphatic rings. The first-order valence-electron chi connectivity index (χ1n) is 8.62. The van der Waals surface area contributed by atoms with E-state index in [1.807, 2.05) is 38.1 Å². The number of benzene rings is 1. The second-order valence-corrected chi connectivity index (χ2v) is 7.68. The Morgan fingerprint density at radius 3 is 2.74 bits per heavy atom. The summed E-state index contributed by atoms with van der Waals surface area (Å²) < 4.78 is 7.37. The topological polar surface area (TPSA) is 77.1 Å². The van der Waals surface area contributed by atoms with E-state index in [1.165, 1.54) is 22.2 Å². The molecule has 4 rings (SSSR count). The first kappa shape index (κ1) is 17.5. The summed E-state index contributed by atoms with van der Waals surface area (Å²) in [4.78, 5) is 30.6. The van der Waals surface area contributed by atoms with Crippen molar-refractivity contribution >= 4 is 38.4 Å². The van der Waals surface area contributed by atoms with Gasteiger partial charge in [0.2, 0.25) is 0 Å². The molecule has 7 heteroatoms. The third kappa shape index (κ3) is 2.75. The molecular weight excluding hydrogens is 362 g/mol. The fourth-order valence-corrected chi connectivity index (χ4v) is 4.40. The number of aromatic nitrogens is 2. The van der Waals surface area contributed by atoms with E-state index in [0.717, 1.165) is 22.3 Å². The smallest absolute Gasteiger partial charge is 0.262 e. The minimum absolute atomic E-state index is 0.144. The minimum Gasteiger partial charge on any atom is -0.459 e. The molecule has 4 aromatic rings. The fourth-order valence-electron chi connectivity index (χ4n) is 3.36. The number of nitrogens with one attached hydrogen (secondary N) is 1. The Morgan fingerprint density at radius 1 is 1.26 bits per heavy atom. The predicted molar refractivity (Wildman–Crippen MR) is 106 cm³/mol. The summed E-state index contributed by atoms with van der Waals surface area (Å²) >= 11 is 1.23. The molecule has 138 valence electrons. The van der Waals surface area contributed by atoms with Gasteiger partial charge < -0.3 is 14.3 Å². The van der Waals surface area contributed by atoms with Gasteiger partial charge in [0, 0.05) is 18.0 Å². The zero-order valence-corrected chi connectivity index (χ0v) is 16.3. The van der Waals surface area contributed by atoms with Gasteiger partial charge >= 0.3 is 0 Å². The second kappa shape index (κ2) is 6.35. The second-order valence-electron chi connectivity index (χ2n) is 6.68. The number of carbonyl (C=O) groups excluding carboxylic acids is 1. The number of furan rings is 1. The zero-order chi connectivity index (χ0) is 19.3. The van der Waals surface area contributed by atoms with Crippen LogP contribution in [0.4, 0.5) is 0 Å². The van der Waals surface area contributed by atoms with Crippen LogP contribution in [0.15, 0.2) is 39.8 Å². The summed E-state index contributed by atoms with van der Waals surface area (Å²) in [6, 6.07) is 7.50. The number of thiophene rings is 1. The van der Waals surface area contributed by atoms with Crippen LogP contribution in [-0.4, -0.2) is 15.5 Å². The Kier molecular flexibility index (Phi) is 4.11. The summed E-state index contributed by atoms with van der Waals surface area (Å²) in [5, 5.41) is 4.53. The Labute approximate surface area is 159 Å². The molecule has 1 atom stereocenters. The van der Waals surface area contributed by atoms with Crippen LogP contribution in [0.3, 0.4) is 0 Å². The van der Waals surface area contributed by atoms with E-state index in [0.29, 0.717) is 20.7 Å². The molecule has 3 heterocycles. The molecule has 6 nitrogen and oxygen atoms in total. The number of hydrogen-bond donors (Lipinski definition) is 1. The highest BCUT2D eigenvalue weighted by Gasteiger charge is 2.23. The Balaban J connectivity index is 1.68. The van der Waals surface area contributed by atoms with Crippen molar-refractivity contribution in [1.29, 1.82) is 0 Å². The molecular formula is C20H19N3O3S. The molecule has 1 N–H and O–H groups in total. The lowest BCUT2D eigenvalue weighted by Crippen LogP contribution is -2.26. The number of fused-ring (bicyclic) bond motifs is 2. The summed E-state index contributed by atoms with van der Waals surface area (Å²) in [5.41, 5.74) is 2.34. The summed E-state index contributed by atoms with van der Waals surface area (Å²) in [6.45, 7) is 5.67. The zero-order valence-electron chi connectivity index (χ0n) is 15.5. The van der Waals surface area contributed by atoms with Crippen LogP contribution >= 0.6 is 11.3 Å². The van der Waals surface area contributed by atoms with E-state index in [-0.39, 0.29) is 17.5 Å². The number of rotatable bonds is 3. The van der Waals surface area contributed by atoms with E-state index >= 15 is 0 Å². The lowest BCUT2D eigenvalue weighted by Gasteiger charge is -2.12. The van der Waals surface area contributed by atoms with Crippen molar-refractivity contribution in [2.24, 2.45) is 7.05 Å². The van der Waals surface area contributed by atoms with Crippen molar-refractivity contribution in [3.8, 4) is 0 Å². The van der Waals surface area contributed by atoms with Gasteiger partial charge in [-0.3, -0.25) is 9.59 Å². The maximum absolute atomic E-state index is 12.9. The van der Waals surface area contributed by atoms with Crippen LogP contribution in [0.5, 0.6) is 0 Å². The molecule has 0 bridgehead atoms. The first-order valence-corrected chi connectivity index (χ1v) is 9.43. The minimum atomic E-state index is -0.301. The average molecular weight is 381 g/mol. The Hall–Kier alpha value is -2.93. The summed E-state index contributed by atoms with van der Waals surface area (Å²) in [5.74, 6) is 0.502. The standard InChI is InChI=1S/C20H19N3O3S/c1-10-13-7-5-6-8-14(13)26-16(10)12(3)22-18(24)17-11(2)15-19(27-17)21-9-23(4)20(15)25/h5-9,12H,1-4H3,(H,22,24)/t12-/m1/s1. The molecule has 1 amide bonds. The lowest BCUT2D eigenvalue weighted by molar-refractivity contribution is 0.0939. The Morgan fingerprint density at radius 2 is 2.00 bits per heavy atom. The third-order valence-electron chi connectivity index (χ3n) is 4.84. The van der Waals surface area contributed by atoms with Gasteiger partial charge in [-0.05, 0) is 32.4 Å². The number of amides is 1. The number of nitrogens with zero attached hydrogens (tertiary/aromatic N) is 2. The van der Waals surface area contributed by atoms with Crippen molar-refractivity contribution in [3.63, 3.8) is 0 Å². The largest absolute Gasteiger partial charge is 0.459 e. The number of carbonyl (C=O) groups is 1. The van der Waals surface area contributed by atoms with Gasteiger partial charge in [-0.1, -0.05) is 18.2 Å². The monoisotopic (exact) mass is 381 g/mol. The fraction of sp³-hybridized carbons (Fsp3) is 0.250. The SMILES string of the molecule is Cc1c([C@@H](C)NC(=O)c2sc3ncn(C)c(=O)c3c2C)oc2ccccc12. The van der Waals surface area contributed by atoms with Crippen LogP contribution in [0.25, 0.3) is 21.2 Å². The van der Waals surface area contributed by atoms with Crippen LogP contribution in [0.2, 0.25) is 0 Å². The quantitative estimate of drug-likeness (QED) is 0.585. The van der Waals surface area contributed by atoms with Gasteiger partial charge in [-0.25, -0.2) is 4.98 Å². The van der Waals surface area contributed by atoms with Crippen molar-refractivity contribution in [2.45, 2.75) is 26.8 Å². The molecule has 0 saturated carbocycles. The van der Waals surface area contributed by atoms with Crippen LogP contribution < -0.4 is 10.9 Å². The highest BCUT2D eigenvalue weighted by molar-refractivity contribution is 7.20. The molecule has 0 unspecified atom stereocenters. The maximum Gasteiger partial charge on any atom is 0.262 e. The normalized spacial score (nSPS) is 12.6. The van der Waals surface area contributed by atoms with Crippen LogP contribution in [-0.2, 0) is 7.05 Å². The molecule has 27 heavy (non-hydrogen) atoms. The first-order chi connectivity index (χ1) is 12.9. The molecule has 0 aliphatic heterocycles. The van der Waals surface area contributed by atoms with Gasteiger partial charge in [0.15, 0.2) is 0 Å². The van der Waals surface area contributed by atoms with Crippen molar-refractivity contribution in [2.75, 3.05) is 0 Å². The number of hydrogen-bond acceptors (Lipinski definition) is 5. The molecule has 0 fully saturated rings. The third-order valence-corrected chi connectivity index (χ3v) is 6.04. The summed E-state index contributed by atoms with van der Waals surface area (Å²) in [6.07, 6.45) is 1.47. The molecule has 3 aromatic heterocycles. The molecule has 0 spiro atoms. The van der Waals surface area contributed by atoms with E-state index in [4.69, 9.17) is 4.42 Å². The van der Waals surface area contributed by atoms with E-state index in [1.54, 1.807) is 14.0 Å². The van der Waals surface area contributed by atoms with Gasteiger partial charge in [-0.15, -0.1) is 11.3 Å².